The first kappa shape index (κ1) is 17.5. The van der Waals surface area contributed by atoms with Crippen molar-refractivity contribution >= 4 is 11.9 Å². The monoisotopic (exact) mass is 318 g/mol. The van der Waals surface area contributed by atoms with E-state index >= 15 is 0 Å². The molecule has 1 fully saturated rings. The molecular weight excluding hydrogens is 292 g/mol. The van der Waals surface area contributed by atoms with Gasteiger partial charge >= 0.3 is 11.9 Å². The molecule has 0 aliphatic heterocycles. The Morgan fingerprint density at radius 2 is 1.96 bits per heavy atom. The number of rotatable bonds is 6. The maximum Gasteiger partial charge on any atom is 0.338 e. The number of esters is 2. The molecule has 1 saturated carbocycles. The molecule has 2 rings (SSSR count). The Bertz CT molecular complexity index is 549. The molecule has 1 aliphatic rings. The number of aryl methyl sites for hydroxylation is 1. The van der Waals surface area contributed by atoms with E-state index in [2.05, 4.69) is 6.92 Å². The summed E-state index contributed by atoms with van der Waals surface area (Å²) in [7, 11) is 1.41. The average molecular weight is 318 g/mol. The minimum Gasteiger partial charge on any atom is -0.468 e. The van der Waals surface area contributed by atoms with Gasteiger partial charge in [0.1, 0.15) is 11.5 Å². The Balaban J connectivity index is 2.16. The summed E-state index contributed by atoms with van der Waals surface area (Å²) in [6.07, 6.45) is 4.56. The largest absolute Gasteiger partial charge is 0.468 e. The van der Waals surface area contributed by atoms with E-state index in [0.717, 1.165) is 37.7 Å². The van der Waals surface area contributed by atoms with Crippen molar-refractivity contribution in [1.29, 1.82) is 0 Å². The Kier molecular flexibility index (Phi) is 5.80. The molecule has 0 amide bonds. The lowest BCUT2D eigenvalue weighted by molar-refractivity contribution is -0.159. The smallest absolute Gasteiger partial charge is 0.338 e. The van der Waals surface area contributed by atoms with Crippen molar-refractivity contribution in [3.05, 3.63) is 35.4 Å². The third kappa shape index (κ3) is 3.74. The van der Waals surface area contributed by atoms with Gasteiger partial charge in [-0.2, -0.15) is 0 Å². The molecule has 0 heterocycles. The molecule has 0 radical (unpaired) electrons. The zero-order valence-electron chi connectivity index (χ0n) is 14.3. The summed E-state index contributed by atoms with van der Waals surface area (Å²) in [6.45, 7) is 4.06. The van der Waals surface area contributed by atoms with Crippen LogP contribution in [0.15, 0.2) is 24.3 Å². The van der Waals surface area contributed by atoms with Gasteiger partial charge < -0.3 is 9.47 Å². The quantitative estimate of drug-likeness (QED) is 0.742. The lowest BCUT2D eigenvalue weighted by Crippen LogP contribution is -2.42. The molecule has 1 aromatic carbocycles. The normalized spacial score (nSPS) is 23.5. The standard InChI is InChI=1S/C19H26O4/c1-4-5-12-19(18(21)22-3)13-6-7-16(19)23-17(20)15-10-8-14(2)9-11-15/h8-11,16H,4-7,12-13H2,1-3H3. The molecule has 1 aliphatic carbocycles. The summed E-state index contributed by atoms with van der Waals surface area (Å²) in [5, 5.41) is 0. The first-order valence-electron chi connectivity index (χ1n) is 8.39. The highest BCUT2D eigenvalue weighted by molar-refractivity contribution is 5.90. The molecule has 0 bridgehead atoms. The van der Waals surface area contributed by atoms with Crippen LogP contribution in [0.2, 0.25) is 0 Å². The summed E-state index contributed by atoms with van der Waals surface area (Å²) in [5.74, 6) is -0.605. The Labute approximate surface area is 138 Å². The molecule has 1 aromatic rings. The minimum atomic E-state index is -0.675. The van der Waals surface area contributed by atoms with Gasteiger partial charge in [-0.15, -0.1) is 0 Å². The van der Waals surface area contributed by atoms with Crippen LogP contribution in [0.5, 0.6) is 0 Å². The molecule has 0 saturated heterocycles. The van der Waals surface area contributed by atoms with E-state index in [-0.39, 0.29) is 11.9 Å². The van der Waals surface area contributed by atoms with Gasteiger partial charge in [0.2, 0.25) is 0 Å². The van der Waals surface area contributed by atoms with Gasteiger partial charge in [-0.25, -0.2) is 4.79 Å². The van der Waals surface area contributed by atoms with Crippen LogP contribution in [-0.2, 0) is 14.3 Å². The molecule has 126 valence electrons. The molecular formula is C19H26O4. The number of carbonyl (C=O) groups is 2. The van der Waals surface area contributed by atoms with Crippen LogP contribution in [0.1, 0.15) is 61.4 Å². The van der Waals surface area contributed by atoms with E-state index in [1.807, 2.05) is 19.1 Å². The summed E-state index contributed by atoms with van der Waals surface area (Å²) in [6, 6.07) is 7.29. The number of unbranched alkanes of at least 4 members (excludes halogenated alkanes) is 1. The van der Waals surface area contributed by atoms with Gasteiger partial charge in [0.15, 0.2) is 0 Å². The fourth-order valence-corrected chi connectivity index (χ4v) is 3.42. The summed E-state index contributed by atoms with van der Waals surface area (Å²) in [4.78, 5) is 24.8. The number of methoxy groups -OCH3 is 1. The van der Waals surface area contributed by atoms with Gasteiger partial charge in [0.05, 0.1) is 12.7 Å². The SMILES string of the molecule is CCCCC1(C(=O)OC)CCCC1OC(=O)c1ccc(C)cc1. The Morgan fingerprint density at radius 1 is 1.26 bits per heavy atom. The topological polar surface area (TPSA) is 52.6 Å². The van der Waals surface area contributed by atoms with E-state index in [9.17, 15) is 9.59 Å². The summed E-state index contributed by atoms with van der Waals surface area (Å²) in [5.41, 5.74) is 0.941. The van der Waals surface area contributed by atoms with Crippen LogP contribution in [0.4, 0.5) is 0 Å². The van der Waals surface area contributed by atoms with E-state index in [1.54, 1.807) is 12.1 Å². The second-order valence-corrected chi connectivity index (χ2v) is 6.40. The lowest BCUT2D eigenvalue weighted by Gasteiger charge is -2.32. The van der Waals surface area contributed by atoms with E-state index in [1.165, 1.54) is 7.11 Å². The molecule has 2 atom stereocenters. The maximum atomic E-state index is 12.4. The third-order valence-corrected chi connectivity index (χ3v) is 4.81. The van der Waals surface area contributed by atoms with Crippen molar-refractivity contribution in [3.63, 3.8) is 0 Å². The summed E-state index contributed by atoms with van der Waals surface area (Å²) < 4.78 is 10.8. The van der Waals surface area contributed by atoms with Gasteiger partial charge in [-0.1, -0.05) is 37.5 Å². The Hall–Kier alpha value is -1.84. The van der Waals surface area contributed by atoms with Crippen molar-refractivity contribution in [1.82, 2.24) is 0 Å². The fourth-order valence-electron chi connectivity index (χ4n) is 3.42. The minimum absolute atomic E-state index is 0.245. The van der Waals surface area contributed by atoms with E-state index in [4.69, 9.17) is 9.47 Å². The third-order valence-electron chi connectivity index (χ3n) is 4.81. The highest BCUT2D eigenvalue weighted by Crippen LogP contribution is 2.45. The first-order chi connectivity index (χ1) is 11.0. The van der Waals surface area contributed by atoms with Gasteiger partial charge in [0, 0.05) is 0 Å². The number of carbonyl (C=O) groups excluding carboxylic acids is 2. The highest BCUT2D eigenvalue weighted by atomic mass is 16.6. The van der Waals surface area contributed by atoms with Gasteiger partial charge in [-0.3, -0.25) is 4.79 Å². The van der Waals surface area contributed by atoms with Crippen molar-refractivity contribution in [2.24, 2.45) is 5.41 Å². The van der Waals surface area contributed by atoms with Crippen LogP contribution in [-0.4, -0.2) is 25.2 Å². The fraction of sp³-hybridized carbons (Fsp3) is 0.579. The zero-order valence-corrected chi connectivity index (χ0v) is 14.3. The zero-order chi connectivity index (χ0) is 16.9. The molecule has 4 nitrogen and oxygen atoms in total. The van der Waals surface area contributed by atoms with Gasteiger partial charge in [0.25, 0.3) is 0 Å². The molecule has 2 unspecified atom stereocenters. The molecule has 0 aromatic heterocycles. The predicted octanol–water partition coefficient (Wildman–Crippen LogP) is 4.05. The van der Waals surface area contributed by atoms with Crippen LogP contribution < -0.4 is 0 Å². The second-order valence-electron chi connectivity index (χ2n) is 6.40. The van der Waals surface area contributed by atoms with E-state index < -0.39 is 11.5 Å². The predicted molar refractivity (Wildman–Crippen MR) is 88.2 cm³/mol. The van der Waals surface area contributed by atoms with Crippen LogP contribution in [0, 0.1) is 12.3 Å². The molecule has 4 heteroatoms. The number of hydrogen-bond acceptors (Lipinski definition) is 4. The van der Waals surface area contributed by atoms with Crippen molar-refractivity contribution in [2.75, 3.05) is 7.11 Å². The van der Waals surface area contributed by atoms with E-state index in [0.29, 0.717) is 12.0 Å². The van der Waals surface area contributed by atoms with Crippen molar-refractivity contribution in [2.45, 2.75) is 58.5 Å². The van der Waals surface area contributed by atoms with Crippen LogP contribution >= 0.6 is 0 Å². The average Bonchev–Trinajstić information content (AvgIpc) is 2.96. The molecule has 0 N–H and O–H groups in total. The van der Waals surface area contributed by atoms with Crippen LogP contribution in [0.25, 0.3) is 0 Å². The molecule has 23 heavy (non-hydrogen) atoms. The van der Waals surface area contributed by atoms with Crippen LogP contribution in [0.3, 0.4) is 0 Å². The lowest BCUT2D eigenvalue weighted by atomic mass is 9.79. The molecule has 0 spiro atoms. The highest BCUT2D eigenvalue weighted by Gasteiger charge is 2.51. The number of hydrogen-bond donors (Lipinski definition) is 0. The Morgan fingerprint density at radius 3 is 2.57 bits per heavy atom. The maximum absolute atomic E-state index is 12.4. The second kappa shape index (κ2) is 7.62. The van der Waals surface area contributed by atoms with Crippen molar-refractivity contribution < 1.29 is 19.1 Å². The number of ether oxygens (including phenoxy) is 2. The number of benzene rings is 1. The first-order valence-corrected chi connectivity index (χ1v) is 8.39. The van der Waals surface area contributed by atoms with Crippen molar-refractivity contribution in [3.8, 4) is 0 Å². The van der Waals surface area contributed by atoms with Gasteiger partial charge in [-0.05, 0) is 44.7 Å². The summed E-state index contributed by atoms with van der Waals surface area (Å²) >= 11 is 0.